The molecule has 71 heavy (non-hydrogen) atoms. The van der Waals surface area contributed by atoms with E-state index in [1.54, 1.807) is 23.5 Å². The van der Waals surface area contributed by atoms with Gasteiger partial charge in [0.2, 0.25) is 17.7 Å². The van der Waals surface area contributed by atoms with Crippen molar-refractivity contribution in [2.24, 2.45) is 5.41 Å². The highest BCUT2D eigenvalue weighted by atomic mass is 35.5. The third kappa shape index (κ3) is 15.0. The average molecular weight is 1000 g/mol. The number of amides is 3. The summed E-state index contributed by atoms with van der Waals surface area (Å²) in [6, 6.07) is 32.2. The van der Waals surface area contributed by atoms with E-state index in [0.717, 1.165) is 120 Å². The van der Waals surface area contributed by atoms with Crippen LogP contribution in [0.2, 0.25) is 0 Å². The predicted molar refractivity (Wildman–Crippen MR) is 285 cm³/mol. The van der Waals surface area contributed by atoms with Gasteiger partial charge >= 0.3 is 0 Å². The molecule has 14 heteroatoms. The second-order valence-electron chi connectivity index (χ2n) is 19.9. The number of aliphatic hydroxyl groups is 1. The summed E-state index contributed by atoms with van der Waals surface area (Å²) in [4.78, 5) is 52.7. The molecule has 3 heterocycles. The molecule has 0 aliphatic carbocycles. The van der Waals surface area contributed by atoms with E-state index in [4.69, 9.17) is 16.3 Å². The van der Waals surface area contributed by atoms with Gasteiger partial charge < -0.3 is 35.4 Å². The number of phenols is 1. The number of piperazine rings is 1. The molecule has 5 aromatic rings. The number of aryl methyl sites for hydroxylation is 1. The number of aromatic nitrogens is 1. The number of aromatic hydroxyl groups is 1. The molecule has 2 aliphatic rings. The molecule has 2 fully saturated rings. The summed E-state index contributed by atoms with van der Waals surface area (Å²) in [5, 5.41) is 26.6. The molecular formula is C57H71ClN6O6S. The minimum absolute atomic E-state index is 0.0401. The van der Waals surface area contributed by atoms with Crippen molar-refractivity contribution in [3.63, 3.8) is 0 Å². The first-order valence-corrected chi connectivity index (χ1v) is 26.6. The second kappa shape index (κ2) is 25.7. The average Bonchev–Trinajstić information content (AvgIpc) is 3.99. The van der Waals surface area contributed by atoms with Gasteiger partial charge in [-0.05, 0) is 101 Å². The van der Waals surface area contributed by atoms with E-state index >= 15 is 0 Å². The van der Waals surface area contributed by atoms with E-state index in [1.807, 2.05) is 99.9 Å². The summed E-state index contributed by atoms with van der Waals surface area (Å²) in [6.45, 7) is 14.5. The van der Waals surface area contributed by atoms with Gasteiger partial charge in [-0.25, -0.2) is 4.98 Å². The molecule has 378 valence electrons. The van der Waals surface area contributed by atoms with Crippen molar-refractivity contribution < 1.29 is 29.3 Å². The lowest BCUT2D eigenvalue weighted by atomic mass is 9.85. The number of allylic oxidation sites excluding steroid dienone is 1. The zero-order chi connectivity index (χ0) is 50.3. The Kier molecular flexibility index (Phi) is 19.3. The summed E-state index contributed by atoms with van der Waals surface area (Å²) in [6.07, 6.45) is 4.06. The van der Waals surface area contributed by atoms with Crippen LogP contribution in [0, 0.1) is 12.3 Å². The van der Waals surface area contributed by atoms with E-state index in [2.05, 4.69) is 49.7 Å². The van der Waals surface area contributed by atoms with Crippen LogP contribution in [-0.4, -0.2) is 124 Å². The number of unbranched alkanes of at least 4 members (excludes halogenated alkanes) is 3. The molecule has 0 unspecified atom stereocenters. The summed E-state index contributed by atoms with van der Waals surface area (Å²) in [5.41, 5.74) is 9.61. The normalized spacial score (nSPS) is 17.4. The number of hydrogen-bond acceptors (Lipinski definition) is 10. The number of nitrogens with one attached hydrogen (secondary N) is 2. The van der Waals surface area contributed by atoms with Crippen LogP contribution < -0.4 is 15.4 Å². The number of β-amino-alcohol motifs (C(OH)–C–C–N with tert-alkyl or cyclic N) is 1. The summed E-state index contributed by atoms with van der Waals surface area (Å²) < 4.78 is 6.23. The maximum atomic E-state index is 14.1. The van der Waals surface area contributed by atoms with Crippen molar-refractivity contribution >= 4 is 51.8 Å². The molecule has 3 amide bonds. The molecule has 2 aliphatic heterocycles. The van der Waals surface area contributed by atoms with Gasteiger partial charge in [0.15, 0.2) is 0 Å². The Balaban J connectivity index is 0.790. The smallest absolute Gasteiger partial charge is 0.246 e. The van der Waals surface area contributed by atoms with Crippen molar-refractivity contribution in [3.8, 4) is 21.9 Å². The number of carbonyl (C=O) groups is 3. The third-order valence-corrected chi connectivity index (χ3v) is 14.7. The van der Waals surface area contributed by atoms with Crippen LogP contribution in [0.3, 0.4) is 0 Å². The molecule has 3 atom stereocenters. The fraction of sp³-hybridized carbons (Fsp3) is 0.439. The Morgan fingerprint density at radius 2 is 1.46 bits per heavy atom. The number of rotatable bonds is 22. The highest BCUT2D eigenvalue weighted by Crippen LogP contribution is 2.36. The van der Waals surface area contributed by atoms with Gasteiger partial charge in [-0.2, -0.15) is 0 Å². The Hall–Kier alpha value is -5.57. The van der Waals surface area contributed by atoms with Gasteiger partial charge in [0, 0.05) is 64.5 Å². The number of carbonyl (C=O) groups excluding carboxylic acids is 3. The molecule has 4 aromatic carbocycles. The number of hydrogen-bond donors (Lipinski definition) is 4. The molecule has 2 saturated heterocycles. The van der Waals surface area contributed by atoms with Crippen molar-refractivity contribution in [3.05, 3.63) is 137 Å². The Morgan fingerprint density at radius 1 is 0.817 bits per heavy atom. The number of alkyl halides is 1. The van der Waals surface area contributed by atoms with E-state index in [0.29, 0.717) is 25.3 Å². The number of likely N-dealkylation sites (tertiary alicyclic amines) is 1. The standard InChI is InChI=1S/C57H71ClN6O6S/c1-40-53(71-39-60-40)45-17-15-41(16-18-45)37-59-55(68)50-36-47(66)38-64(50)56(69)54(57(2,3)4)61-51(67)14-10-5-6-11-29-62-30-32-63(33-31-62)34-35-70-48-25-21-44(22-26-48)52(43-19-23-46(65)24-20-43)49(27-28-58)42-12-8-7-9-13-42/h7-9,12-13,15-26,39,47,50,54,65-66H,5-6,10-11,14,27-38H2,1-4H3,(H,59,68)(H,61,67)/t47-,50+,54-/m1/s1. The molecule has 0 radical (unpaired) electrons. The quantitative estimate of drug-likeness (QED) is 0.0303. The topological polar surface area (TPSA) is 148 Å². The number of halogens is 1. The third-order valence-electron chi connectivity index (χ3n) is 13.5. The minimum Gasteiger partial charge on any atom is -0.508 e. The van der Waals surface area contributed by atoms with Crippen molar-refractivity contribution in [1.82, 2.24) is 30.3 Å². The lowest BCUT2D eigenvalue weighted by Crippen LogP contribution is -2.57. The largest absolute Gasteiger partial charge is 0.508 e. The maximum Gasteiger partial charge on any atom is 0.246 e. The number of phenolic OH excluding ortho intramolecular Hbond substituents is 1. The van der Waals surface area contributed by atoms with E-state index < -0.39 is 23.6 Å². The number of nitrogens with zero attached hydrogens (tertiary/aromatic N) is 4. The van der Waals surface area contributed by atoms with E-state index in [1.165, 1.54) is 4.90 Å². The fourth-order valence-corrected chi connectivity index (χ4v) is 10.5. The Labute approximate surface area is 429 Å². The lowest BCUT2D eigenvalue weighted by Gasteiger charge is -2.35. The predicted octanol–water partition coefficient (Wildman–Crippen LogP) is 9.17. The first-order chi connectivity index (χ1) is 34.3. The molecule has 0 saturated carbocycles. The van der Waals surface area contributed by atoms with Gasteiger partial charge in [-0.1, -0.05) is 112 Å². The van der Waals surface area contributed by atoms with Gasteiger partial charge in [-0.15, -0.1) is 22.9 Å². The molecule has 4 N–H and O–H groups in total. The van der Waals surface area contributed by atoms with Gasteiger partial charge in [0.1, 0.15) is 30.2 Å². The van der Waals surface area contributed by atoms with E-state index in [9.17, 15) is 24.6 Å². The molecule has 0 spiro atoms. The summed E-state index contributed by atoms with van der Waals surface area (Å²) in [7, 11) is 0. The van der Waals surface area contributed by atoms with Crippen LogP contribution in [0.5, 0.6) is 11.5 Å². The number of benzene rings is 4. The van der Waals surface area contributed by atoms with Gasteiger partial charge in [-0.3, -0.25) is 19.3 Å². The number of thiazole rings is 1. The second-order valence-corrected chi connectivity index (χ2v) is 21.1. The molecule has 12 nitrogen and oxygen atoms in total. The monoisotopic (exact) mass is 1000 g/mol. The van der Waals surface area contributed by atoms with Crippen molar-refractivity contribution in [1.29, 1.82) is 0 Å². The molecular weight excluding hydrogens is 932 g/mol. The Bertz CT molecular complexity index is 2520. The molecule has 0 bridgehead atoms. The van der Waals surface area contributed by atoms with Crippen LogP contribution in [0.15, 0.2) is 109 Å². The van der Waals surface area contributed by atoms with Crippen molar-refractivity contribution in [2.75, 3.05) is 58.3 Å². The summed E-state index contributed by atoms with van der Waals surface area (Å²) in [5.74, 6) is 0.687. The SMILES string of the molecule is Cc1ncsc1-c1ccc(CNC(=O)[C@@H]2C[C@@H](O)CN2C(=O)[C@@H](NC(=O)CCCCCCN2CCN(CCOc3ccc(C(=C(CCCl)c4ccccc4)c4ccc(O)cc4)cc3)CC2)C(C)(C)C)cc1. The zero-order valence-electron chi connectivity index (χ0n) is 41.7. The molecule has 1 aromatic heterocycles. The van der Waals surface area contributed by atoms with E-state index in [-0.39, 0.29) is 43.0 Å². The first kappa shape index (κ1) is 53.2. The number of ether oxygens (including phenoxy) is 1. The zero-order valence-corrected chi connectivity index (χ0v) is 43.3. The van der Waals surface area contributed by atoms with Crippen LogP contribution in [0.1, 0.15) is 93.7 Å². The van der Waals surface area contributed by atoms with Crippen molar-refractivity contribution in [2.45, 2.75) is 97.4 Å². The van der Waals surface area contributed by atoms with Crippen LogP contribution in [0.4, 0.5) is 0 Å². The lowest BCUT2D eigenvalue weighted by molar-refractivity contribution is -0.144. The van der Waals surface area contributed by atoms with Gasteiger partial charge in [0.25, 0.3) is 0 Å². The first-order valence-electron chi connectivity index (χ1n) is 25.1. The van der Waals surface area contributed by atoms with Crippen LogP contribution in [-0.2, 0) is 20.9 Å². The maximum absolute atomic E-state index is 14.1. The minimum atomic E-state index is -0.842. The highest BCUT2D eigenvalue weighted by molar-refractivity contribution is 7.13. The van der Waals surface area contributed by atoms with Crippen LogP contribution >= 0.6 is 22.9 Å². The highest BCUT2D eigenvalue weighted by Gasteiger charge is 2.44. The van der Waals surface area contributed by atoms with Crippen LogP contribution in [0.25, 0.3) is 21.6 Å². The molecule has 7 rings (SSSR count). The van der Waals surface area contributed by atoms with Gasteiger partial charge in [0.05, 0.1) is 22.2 Å². The summed E-state index contributed by atoms with van der Waals surface area (Å²) >= 11 is 7.93. The fourth-order valence-electron chi connectivity index (χ4n) is 9.53. The number of aliphatic hydroxyl groups excluding tert-OH is 1. The Morgan fingerprint density at radius 3 is 2.10 bits per heavy atom.